The predicted molar refractivity (Wildman–Crippen MR) is 179 cm³/mol. The molecule has 0 aromatic heterocycles. The number of allylic oxidation sites excluding steroid dienone is 4. The quantitative estimate of drug-likeness (QED) is 0.235. The normalized spacial score (nSPS) is 27.5. The van der Waals surface area contributed by atoms with Gasteiger partial charge < -0.3 is 14.9 Å². The number of nitrogens with zero attached hydrogens (tertiary/aromatic N) is 1. The summed E-state index contributed by atoms with van der Waals surface area (Å²) >= 11 is 0. The molecule has 250 valence electrons. The molecule has 1 aliphatic heterocycles. The highest BCUT2D eigenvalue weighted by atomic mass is 16.5. The van der Waals surface area contributed by atoms with Crippen LogP contribution < -0.4 is 4.74 Å². The van der Waals surface area contributed by atoms with E-state index in [1.807, 2.05) is 78.9 Å². The maximum Gasteiger partial charge on any atom is 0.303 e. The number of hydrogen-bond acceptors (Lipinski definition) is 7. The van der Waals surface area contributed by atoms with Gasteiger partial charge >= 0.3 is 5.97 Å². The van der Waals surface area contributed by atoms with Crippen LogP contribution in [-0.2, 0) is 29.4 Å². The van der Waals surface area contributed by atoms with Crippen LogP contribution in [0.15, 0.2) is 103 Å². The number of ether oxygens (including phenoxy) is 1. The molecule has 7 rings (SSSR count). The Hall–Kier alpha value is -5.15. The van der Waals surface area contributed by atoms with E-state index >= 15 is 4.79 Å². The summed E-state index contributed by atoms with van der Waals surface area (Å²) in [6.45, 7) is -0.00520. The molecular weight excluding hydrogens is 622 g/mol. The van der Waals surface area contributed by atoms with Crippen molar-refractivity contribution in [2.75, 3.05) is 19.8 Å². The molecule has 9 heteroatoms. The molecule has 2 fully saturated rings. The molecule has 6 unspecified atom stereocenters. The minimum Gasteiger partial charge on any atom is -0.491 e. The first kappa shape index (κ1) is 32.4. The average molecular weight is 660 g/mol. The lowest BCUT2D eigenvalue weighted by Crippen LogP contribution is -2.58. The number of aliphatic hydroxyl groups is 1. The van der Waals surface area contributed by atoms with Crippen molar-refractivity contribution in [3.05, 3.63) is 119 Å². The van der Waals surface area contributed by atoms with Gasteiger partial charge in [0.05, 0.1) is 23.9 Å². The number of imide groups is 1. The van der Waals surface area contributed by atoms with E-state index in [2.05, 4.69) is 0 Å². The zero-order chi connectivity index (χ0) is 34.3. The van der Waals surface area contributed by atoms with Gasteiger partial charge in [0, 0.05) is 30.4 Å². The summed E-state index contributed by atoms with van der Waals surface area (Å²) in [7, 11) is 0. The van der Waals surface area contributed by atoms with Gasteiger partial charge in [-0.25, -0.2) is 0 Å². The van der Waals surface area contributed by atoms with Crippen LogP contribution in [0.5, 0.6) is 5.75 Å². The van der Waals surface area contributed by atoms with Gasteiger partial charge in [-0.2, -0.15) is 0 Å². The minimum atomic E-state index is -1.33. The maximum atomic E-state index is 15.0. The fourth-order valence-corrected chi connectivity index (χ4v) is 8.84. The summed E-state index contributed by atoms with van der Waals surface area (Å²) in [5, 5.41) is 18.5. The van der Waals surface area contributed by atoms with Crippen molar-refractivity contribution in [1.29, 1.82) is 0 Å². The molecule has 0 radical (unpaired) electrons. The number of carbonyl (C=O) groups excluding carboxylic acids is 4. The first-order chi connectivity index (χ1) is 23.8. The Labute approximate surface area is 283 Å². The molecule has 0 spiro atoms. The summed E-state index contributed by atoms with van der Waals surface area (Å²) < 4.78 is 5.64. The zero-order valence-electron chi connectivity index (χ0n) is 26.9. The summed E-state index contributed by atoms with van der Waals surface area (Å²) in [4.78, 5) is 70.2. The number of aliphatic carboxylic acids is 1. The largest absolute Gasteiger partial charge is 0.491 e. The van der Waals surface area contributed by atoms with Crippen LogP contribution in [0.3, 0.4) is 0 Å². The van der Waals surface area contributed by atoms with E-state index in [0.717, 1.165) is 11.1 Å². The minimum absolute atomic E-state index is 0.0213. The van der Waals surface area contributed by atoms with E-state index in [0.29, 0.717) is 28.9 Å². The molecular formula is C40H37NO8. The number of hydrogen-bond donors (Lipinski definition) is 2. The highest BCUT2D eigenvalue weighted by Crippen LogP contribution is 2.63. The number of carboxylic acid groups (broad SMARTS) is 1. The number of aliphatic hydroxyl groups excluding tert-OH is 1. The van der Waals surface area contributed by atoms with Gasteiger partial charge in [-0.3, -0.25) is 28.9 Å². The third kappa shape index (κ3) is 5.33. The number of Topliss-reactive ketones (excluding diaryl/α,β-unsaturated/α-hetero) is 1. The Morgan fingerprint density at radius 1 is 0.878 bits per heavy atom. The lowest BCUT2D eigenvalue weighted by atomic mass is 9.44. The third-order valence-electron chi connectivity index (χ3n) is 10.8. The first-order valence-corrected chi connectivity index (χ1v) is 16.8. The maximum absolute atomic E-state index is 15.0. The highest BCUT2D eigenvalue weighted by molar-refractivity contribution is 6.31. The number of carbonyl (C=O) groups is 5. The van der Waals surface area contributed by atoms with Crippen molar-refractivity contribution in [3.63, 3.8) is 0 Å². The number of likely N-dealkylation sites (tertiary alicyclic amines) is 1. The lowest BCUT2D eigenvalue weighted by molar-refractivity contribution is -0.142. The molecule has 3 aromatic rings. The van der Waals surface area contributed by atoms with Crippen LogP contribution >= 0.6 is 0 Å². The van der Waals surface area contributed by atoms with Gasteiger partial charge in [0.1, 0.15) is 12.4 Å². The second kappa shape index (κ2) is 13.0. The van der Waals surface area contributed by atoms with E-state index in [1.54, 1.807) is 12.1 Å². The Morgan fingerprint density at radius 3 is 2.24 bits per heavy atom. The van der Waals surface area contributed by atoms with Crippen molar-refractivity contribution in [2.24, 2.45) is 23.7 Å². The van der Waals surface area contributed by atoms with Crippen molar-refractivity contribution >= 4 is 34.9 Å². The summed E-state index contributed by atoms with van der Waals surface area (Å²) in [6, 6.07) is 25.8. The summed E-state index contributed by atoms with van der Waals surface area (Å²) in [5.41, 5.74) is 1.98. The molecule has 6 atom stereocenters. The van der Waals surface area contributed by atoms with Gasteiger partial charge in [-0.1, -0.05) is 84.4 Å². The smallest absolute Gasteiger partial charge is 0.303 e. The van der Waals surface area contributed by atoms with Gasteiger partial charge in [-0.05, 0) is 60.1 Å². The number of rotatable bonds is 10. The molecule has 9 nitrogen and oxygen atoms in total. The Balaban J connectivity index is 1.41. The molecule has 3 aliphatic carbocycles. The van der Waals surface area contributed by atoms with Gasteiger partial charge in [-0.15, -0.1) is 0 Å². The lowest BCUT2D eigenvalue weighted by Gasteiger charge is -2.55. The van der Waals surface area contributed by atoms with E-state index in [1.165, 1.54) is 11.0 Å². The summed E-state index contributed by atoms with van der Waals surface area (Å²) in [5.74, 6) is -4.82. The van der Waals surface area contributed by atoms with Crippen LogP contribution in [0.25, 0.3) is 5.57 Å². The topological polar surface area (TPSA) is 138 Å². The van der Waals surface area contributed by atoms with Crippen molar-refractivity contribution in [3.8, 4) is 5.75 Å². The standard InChI is InChI=1S/C40H37NO8/c42-20-21-49-27-15-13-25(14-16-27)36-28-17-18-29-35(39(48)41(38(29)47)19-7-12-34(44)45)31(28)22-32-37(46)30(24-8-3-1-4-9-24)23-33(43)40(32,36)26-10-5-2-6-11-26/h1-6,8-11,13-17,23,29,31-32,35-36,42H,7,12,18-22H2,(H,44,45). The van der Waals surface area contributed by atoms with E-state index in [4.69, 9.17) is 4.74 Å². The van der Waals surface area contributed by atoms with Crippen LogP contribution in [0.4, 0.5) is 0 Å². The molecule has 0 bridgehead atoms. The second-order valence-corrected chi connectivity index (χ2v) is 13.3. The number of fused-ring (bicyclic) bond motifs is 4. The summed E-state index contributed by atoms with van der Waals surface area (Å²) in [6.07, 6.45) is 4.00. The van der Waals surface area contributed by atoms with Crippen LogP contribution in [0.1, 0.15) is 48.3 Å². The van der Waals surface area contributed by atoms with Crippen molar-refractivity contribution in [2.45, 2.75) is 37.0 Å². The van der Waals surface area contributed by atoms with Gasteiger partial charge in [0.2, 0.25) is 11.8 Å². The van der Waals surface area contributed by atoms with E-state index < -0.39 is 41.0 Å². The van der Waals surface area contributed by atoms with Gasteiger partial charge in [0.15, 0.2) is 11.6 Å². The molecule has 2 amide bonds. The molecule has 49 heavy (non-hydrogen) atoms. The Morgan fingerprint density at radius 2 is 1.57 bits per heavy atom. The molecule has 1 heterocycles. The fourth-order valence-electron chi connectivity index (χ4n) is 8.84. The zero-order valence-corrected chi connectivity index (χ0v) is 26.9. The second-order valence-electron chi connectivity index (χ2n) is 13.3. The molecule has 1 saturated heterocycles. The number of ketones is 2. The Kier molecular flexibility index (Phi) is 8.63. The average Bonchev–Trinajstić information content (AvgIpc) is 3.37. The van der Waals surface area contributed by atoms with E-state index in [9.17, 15) is 29.4 Å². The molecule has 2 N–H and O–H groups in total. The molecule has 1 saturated carbocycles. The highest BCUT2D eigenvalue weighted by Gasteiger charge is 2.65. The number of benzene rings is 3. The van der Waals surface area contributed by atoms with Crippen molar-refractivity contribution in [1.82, 2.24) is 4.90 Å². The number of amides is 2. The van der Waals surface area contributed by atoms with E-state index in [-0.39, 0.29) is 62.4 Å². The van der Waals surface area contributed by atoms with Crippen LogP contribution in [0.2, 0.25) is 0 Å². The SMILES string of the molecule is O=C(O)CCCN1C(=O)C2CC=C3C(CC4C(=O)C(c5ccccc5)=CC(=O)C4(c4ccccc4)C3c3ccc(OCCO)cc3)C2C1=O. The van der Waals surface area contributed by atoms with Crippen LogP contribution in [-0.4, -0.2) is 64.2 Å². The predicted octanol–water partition coefficient (Wildman–Crippen LogP) is 4.75. The molecule has 4 aliphatic rings. The van der Waals surface area contributed by atoms with Crippen LogP contribution in [0, 0.1) is 23.7 Å². The van der Waals surface area contributed by atoms with Gasteiger partial charge in [0.25, 0.3) is 0 Å². The number of carboxylic acids is 1. The monoisotopic (exact) mass is 659 g/mol. The van der Waals surface area contributed by atoms with Crippen molar-refractivity contribution < 1.29 is 38.9 Å². The molecule has 3 aromatic carbocycles. The Bertz CT molecular complexity index is 1860. The first-order valence-electron chi connectivity index (χ1n) is 16.8. The fraction of sp³-hybridized carbons (Fsp3) is 0.325. The third-order valence-corrected chi connectivity index (χ3v) is 10.8.